The Hall–Kier alpha value is -1.28. The molecule has 8 nitrogen and oxygen atoms in total. The third-order valence-corrected chi connectivity index (χ3v) is 15.8. The number of nitrogens with one attached hydrogen (secondary N) is 1. The molecule has 0 aromatic heterocycles. The van der Waals surface area contributed by atoms with Gasteiger partial charge in [-0.1, -0.05) is 294 Å². The van der Waals surface area contributed by atoms with E-state index < -0.39 is 20.0 Å². The number of nitrogens with zero attached hydrogens (tertiary/aromatic N) is 1. The highest BCUT2D eigenvalue weighted by atomic mass is 31.2. The number of allylic oxidation sites excluding steroid dienone is 5. The third kappa shape index (κ3) is 58.4. The van der Waals surface area contributed by atoms with Crippen LogP contribution in [0.5, 0.6) is 0 Å². The second-order valence-electron chi connectivity index (χ2n) is 23.5. The van der Waals surface area contributed by atoms with E-state index in [9.17, 15) is 19.4 Å². The Morgan fingerprint density at radius 2 is 0.757 bits per heavy atom. The van der Waals surface area contributed by atoms with Gasteiger partial charge in [0.15, 0.2) is 0 Å². The molecule has 9 heteroatoms. The van der Waals surface area contributed by atoms with Crippen LogP contribution in [0.2, 0.25) is 0 Å². The number of carbonyl (C=O) groups is 1. The van der Waals surface area contributed by atoms with Crippen molar-refractivity contribution in [1.82, 2.24) is 5.32 Å². The first-order valence-corrected chi connectivity index (χ1v) is 33.8. The average Bonchev–Trinajstić information content (AvgIpc) is 3.36. The summed E-state index contributed by atoms with van der Waals surface area (Å²) >= 11 is 0. The van der Waals surface area contributed by atoms with E-state index in [0.717, 1.165) is 38.5 Å². The van der Waals surface area contributed by atoms with Crippen molar-refractivity contribution in [3.05, 3.63) is 36.5 Å². The van der Waals surface area contributed by atoms with E-state index in [1.54, 1.807) is 6.08 Å². The number of amides is 1. The summed E-state index contributed by atoms with van der Waals surface area (Å²) in [7, 11) is 1.26. The molecule has 0 fully saturated rings. The summed E-state index contributed by atoms with van der Waals surface area (Å²) in [5, 5.41) is 13.9. The van der Waals surface area contributed by atoms with Crippen LogP contribution in [0, 0.1) is 0 Å². The minimum absolute atomic E-state index is 0.00455. The predicted octanol–water partition coefficient (Wildman–Crippen LogP) is 19.5. The molecule has 438 valence electrons. The fraction of sp³-hybridized carbons (Fsp3) is 0.892. The third-order valence-electron chi connectivity index (χ3n) is 14.8. The molecule has 3 unspecified atom stereocenters. The second-order valence-corrected chi connectivity index (χ2v) is 24.9. The van der Waals surface area contributed by atoms with Crippen molar-refractivity contribution in [2.24, 2.45) is 0 Å². The van der Waals surface area contributed by atoms with Gasteiger partial charge in [0.05, 0.1) is 39.9 Å². The van der Waals surface area contributed by atoms with Crippen LogP contribution >= 0.6 is 7.82 Å². The van der Waals surface area contributed by atoms with Gasteiger partial charge in [0.1, 0.15) is 13.2 Å². The molecule has 0 saturated carbocycles. The standard InChI is InChI=1S/C65H127N2O6P/c1-6-8-10-12-14-16-18-20-22-23-24-25-26-27-28-29-30-31-32-33-34-35-36-37-38-39-40-41-42-43-45-47-49-51-53-55-57-59-65(69)66-63(62-73-74(70,71)72-61-60-67(3,4)5)64(68)58-56-54-52-50-48-46-44-21-19-17-15-13-11-9-7-2/h23-24,48,50,56,58,63-64,68H,6-22,25-47,49,51-55,57,59-62H2,1-5H3,(H-,66,69,70,71)/b24-23-,50-48+,58-56+. The Labute approximate surface area is 461 Å². The number of phosphoric ester groups is 1. The summed E-state index contributed by atoms with van der Waals surface area (Å²) in [5.74, 6) is -0.202. The van der Waals surface area contributed by atoms with E-state index in [1.807, 2.05) is 27.2 Å². The fourth-order valence-electron chi connectivity index (χ4n) is 9.76. The smallest absolute Gasteiger partial charge is 0.268 e. The predicted molar refractivity (Wildman–Crippen MR) is 321 cm³/mol. The Morgan fingerprint density at radius 3 is 1.09 bits per heavy atom. The number of hydrogen-bond acceptors (Lipinski definition) is 6. The molecule has 2 N–H and O–H groups in total. The van der Waals surface area contributed by atoms with Crippen molar-refractivity contribution in [3.63, 3.8) is 0 Å². The van der Waals surface area contributed by atoms with Gasteiger partial charge in [0.2, 0.25) is 5.91 Å². The number of aliphatic hydroxyl groups excluding tert-OH is 1. The molecule has 3 atom stereocenters. The van der Waals surface area contributed by atoms with Gasteiger partial charge in [0, 0.05) is 6.42 Å². The summed E-state index contributed by atoms with van der Waals surface area (Å²) in [4.78, 5) is 25.5. The lowest BCUT2D eigenvalue weighted by molar-refractivity contribution is -0.870. The van der Waals surface area contributed by atoms with Crippen LogP contribution in [0.15, 0.2) is 36.5 Å². The molecule has 74 heavy (non-hydrogen) atoms. The summed E-state index contributed by atoms with van der Waals surface area (Å²) in [6.07, 6.45) is 74.1. The molecule has 0 aliphatic carbocycles. The van der Waals surface area contributed by atoms with Gasteiger partial charge < -0.3 is 28.8 Å². The minimum Gasteiger partial charge on any atom is -0.756 e. The summed E-state index contributed by atoms with van der Waals surface area (Å²) in [6.45, 7) is 4.66. The second kappa shape index (κ2) is 56.4. The largest absolute Gasteiger partial charge is 0.756 e. The summed E-state index contributed by atoms with van der Waals surface area (Å²) in [6, 6.07) is -0.901. The van der Waals surface area contributed by atoms with Crippen molar-refractivity contribution in [3.8, 4) is 0 Å². The van der Waals surface area contributed by atoms with E-state index >= 15 is 0 Å². The molecule has 0 spiro atoms. The van der Waals surface area contributed by atoms with Crippen molar-refractivity contribution < 1.29 is 32.9 Å². The number of carbonyl (C=O) groups excluding carboxylic acids is 1. The number of rotatable bonds is 60. The highest BCUT2D eigenvalue weighted by Crippen LogP contribution is 2.38. The lowest BCUT2D eigenvalue weighted by atomic mass is 10.0. The Morgan fingerprint density at radius 1 is 0.459 bits per heavy atom. The van der Waals surface area contributed by atoms with E-state index in [4.69, 9.17) is 9.05 Å². The average molecular weight is 1060 g/mol. The van der Waals surface area contributed by atoms with Crippen LogP contribution in [0.4, 0.5) is 0 Å². The van der Waals surface area contributed by atoms with Gasteiger partial charge in [-0.2, -0.15) is 0 Å². The molecule has 0 aromatic rings. The van der Waals surface area contributed by atoms with Crippen LogP contribution in [0.3, 0.4) is 0 Å². The topological polar surface area (TPSA) is 108 Å². The van der Waals surface area contributed by atoms with E-state index in [1.165, 1.54) is 263 Å². The number of likely N-dealkylation sites (N-methyl/N-ethyl adjacent to an activating group) is 1. The van der Waals surface area contributed by atoms with Gasteiger partial charge in [-0.15, -0.1) is 0 Å². The first kappa shape index (κ1) is 72.7. The summed E-state index contributed by atoms with van der Waals surface area (Å²) < 4.78 is 23.3. The molecule has 0 aromatic carbocycles. The number of unbranched alkanes of at least 4 members (excludes halogenated alkanes) is 43. The Balaban J connectivity index is 3.93. The minimum atomic E-state index is -4.60. The number of quaternary nitrogens is 1. The van der Waals surface area contributed by atoms with Crippen LogP contribution < -0.4 is 10.2 Å². The first-order chi connectivity index (χ1) is 36.0. The van der Waals surface area contributed by atoms with Gasteiger partial charge in [0.25, 0.3) is 7.82 Å². The number of phosphoric acid groups is 1. The van der Waals surface area contributed by atoms with Gasteiger partial charge in [-0.25, -0.2) is 0 Å². The SMILES string of the molecule is CCCCCCCCCC/C=C\CCCCCCCCCCCCCCCCCCCCCCCCCCCC(=O)NC(COP(=O)([O-])OCC[N+](C)(C)C)C(O)/C=C/CC/C=C/CCCCCCCCCCC. The highest BCUT2D eigenvalue weighted by molar-refractivity contribution is 7.45. The molecule has 0 saturated heterocycles. The molecule has 0 rings (SSSR count). The van der Waals surface area contributed by atoms with Gasteiger partial charge >= 0.3 is 0 Å². The monoisotopic (exact) mass is 1060 g/mol. The maximum Gasteiger partial charge on any atom is 0.268 e. The Bertz CT molecular complexity index is 1300. The Kier molecular flexibility index (Phi) is 55.5. The fourth-order valence-corrected chi connectivity index (χ4v) is 10.5. The van der Waals surface area contributed by atoms with Crippen LogP contribution in [-0.2, 0) is 18.4 Å². The van der Waals surface area contributed by atoms with Crippen molar-refractivity contribution >= 4 is 13.7 Å². The van der Waals surface area contributed by atoms with E-state index in [0.29, 0.717) is 17.4 Å². The normalized spacial score (nSPS) is 14.0. The van der Waals surface area contributed by atoms with Crippen LogP contribution in [0.1, 0.15) is 322 Å². The zero-order valence-corrected chi connectivity index (χ0v) is 51.0. The summed E-state index contributed by atoms with van der Waals surface area (Å²) in [5.41, 5.74) is 0. The maximum absolute atomic E-state index is 13.0. The van der Waals surface area contributed by atoms with Crippen molar-refractivity contribution in [2.45, 2.75) is 334 Å². The molecule has 0 aliphatic heterocycles. The lowest BCUT2D eigenvalue weighted by Crippen LogP contribution is -2.45. The lowest BCUT2D eigenvalue weighted by Gasteiger charge is -2.29. The van der Waals surface area contributed by atoms with E-state index in [2.05, 4.69) is 43.5 Å². The van der Waals surface area contributed by atoms with Gasteiger partial charge in [-0.3, -0.25) is 9.36 Å². The maximum atomic E-state index is 13.0. The van der Waals surface area contributed by atoms with Crippen LogP contribution in [0.25, 0.3) is 0 Å². The molecule has 0 aliphatic rings. The zero-order valence-electron chi connectivity index (χ0n) is 50.1. The van der Waals surface area contributed by atoms with Crippen LogP contribution in [-0.4, -0.2) is 68.5 Å². The van der Waals surface area contributed by atoms with E-state index in [-0.39, 0.29) is 19.1 Å². The van der Waals surface area contributed by atoms with Crippen molar-refractivity contribution in [1.29, 1.82) is 0 Å². The first-order valence-electron chi connectivity index (χ1n) is 32.4. The quantitative estimate of drug-likeness (QED) is 0.0272. The molecule has 0 bridgehead atoms. The molecular formula is C65H127N2O6P. The number of aliphatic hydroxyl groups is 1. The van der Waals surface area contributed by atoms with Crippen molar-refractivity contribution in [2.75, 3.05) is 40.9 Å². The molecule has 0 radical (unpaired) electrons. The molecule has 1 amide bonds. The molecule has 0 heterocycles. The van der Waals surface area contributed by atoms with Gasteiger partial charge in [-0.05, 0) is 57.8 Å². The highest BCUT2D eigenvalue weighted by Gasteiger charge is 2.23. The zero-order chi connectivity index (χ0) is 54.2. The number of hydrogen-bond donors (Lipinski definition) is 2. The molecular weight excluding hydrogens is 936 g/mol.